The fraction of sp³-hybridized carbons (Fsp3) is 0.200. The summed E-state index contributed by atoms with van der Waals surface area (Å²) in [4.78, 5) is 1.68. The number of hydrogen-bond acceptors (Lipinski definition) is 2. The minimum atomic E-state index is -0.991. The van der Waals surface area contributed by atoms with Crippen LogP contribution in [0.25, 0.3) is 0 Å². The van der Waals surface area contributed by atoms with Crippen LogP contribution in [0.1, 0.15) is 6.42 Å². The summed E-state index contributed by atoms with van der Waals surface area (Å²) in [5, 5.41) is 0. The Morgan fingerprint density at radius 3 is 1.37 bits per heavy atom. The minimum Gasteiger partial charge on any atom is -0.254 e. The van der Waals surface area contributed by atoms with Crippen LogP contribution in [0, 0.1) is 0 Å². The molecule has 0 heterocycles. The van der Waals surface area contributed by atoms with Gasteiger partial charge in [-0.15, -0.1) is 0 Å². The highest BCUT2D eigenvalue weighted by molar-refractivity contribution is 7.86. The van der Waals surface area contributed by atoms with Crippen molar-refractivity contribution in [3.05, 3.63) is 60.7 Å². The fourth-order valence-corrected chi connectivity index (χ4v) is 4.09. The van der Waals surface area contributed by atoms with Gasteiger partial charge in [0.05, 0.1) is 21.6 Å². The van der Waals surface area contributed by atoms with Crippen LogP contribution in [-0.4, -0.2) is 19.9 Å². The quantitative estimate of drug-likeness (QED) is 0.820. The van der Waals surface area contributed by atoms with E-state index in [0.29, 0.717) is 17.9 Å². The van der Waals surface area contributed by atoms with Crippen molar-refractivity contribution in [1.29, 1.82) is 0 Å². The maximum atomic E-state index is 12.0. The minimum absolute atomic E-state index is 0.558. The van der Waals surface area contributed by atoms with E-state index in [1.807, 2.05) is 60.7 Å². The van der Waals surface area contributed by atoms with Crippen LogP contribution in [0.15, 0.2) is 70.5 Å². The first-order chi connectivity index (χ1) is 9.27. The molecule has 0 saturated heterocycles. The Labute approximate surface area is 118 Å². The number of rotatable bonds is 6. The Hall–Kier alpha value is -1.26. The topological polar surface area (TPSA) is 34.1 Å². The summed E-state index contributed by atoms with van der Waals surface area (Å²) in [5.74, 6) is 1.12. The molecule has 0 bridgehead atoms. The predicted molar refractivity (Wildman–Crippen MR) is 80.1 cm³/mol. The highest BCUT2D eigenvalue weighted by Crippen LogP contribution is 2.09. The summed E-state index contributed by atoms with van der Waals surface area (Å²) >= 11 is 0. The summed E-state index contributed by atoms with van der Waals surface area (Å²) in [5.41, 5.74) is 0. The van der Waals surface area contributed by atoms with Gasteiger partial charge in [0, 0.05) is 21.3 Å². The third-order valence-electron chi connectivity index (χ3n) is 2.67. The summed E-state index contributed by atoms with van der Waals surface area (Å²) in [6.07, 6.45) is 0.697. The molecule has 0 spiro atoms. The normalized spacial score (nSPS) is 13.9. The van der Waals surface area contributed by atoms with Gasteiger partial charge in [0.1, 0.15) is 0 Å². The molecule has 2 aromatic rings. The highest BCUT2D eigenvalue weighted by Gasteiger charge is 2.06. The van der Waals surface area contributed by atoms with Crippen LogP contribution in [-0.2, 0) is 21.6 Å². The molecule has 4 heteroatoms. The van der Waals surface area contributed by atoms with Crippen molar-refractivity contribution in [2.75, 3.05) is 11.5 Å². The number of hydrogen-bond donors (Lipinski definition) is 0. The maximum Gasteiger partial charge on any atom is 0.0529 e. The van der Waals surface area contributed by atoms with Gasteiger partial charge in [-0.2, -0.15) is 0 Å². The van der Waals surface area contributed by atoms with Crippen molar-refractivity contribution < 1.29 is 8.42 Å². The van der Waals surface area contributed by atoms with E-state index in [1.165, 1.54) is 0 Å². The molecule has 0 N–H and O–H groups in total. The van der Waals surface area contributed by atoms with E-state index in [-0.39, 0.29) is 0 Å². The Kier molecular flexibility index (Phi) is 5.48. The zero-order chi connectivity index (χ0) is 13.5. The van der Waals surface area contributed by atoms with E-state index < -0.39 is 21.6 Å². The van der Waals surface area contributed by atoms with Gasteiger partial charge in [-0.3, -0.25) is 8.42 Å². The van der Waals surface area contributed by atoms with E-state index in [2.05, 4.69) is 0 Å². The maximum absolute atomic E-state index is 12.0. The molecule has 0 aromatic heterocycles. The monoisotopic (exact) mass is 292 g/mol. The second-order valence-electron chi connectivity index (χ2n) is 4.08. The molecule has 0 aliphatic rings. The molecule has 0 fully saturated rings. The van der Waals surface area contributed by atoms with E-state index in [1.54, 1.807) is 0 Å². The molecule has 0 aliphatic heterocycles. The molecule has 0 amide bonds. The molecule has 0 radical (unpaired) electrons. The lowest BCUT2D eigenvalue weighted by Gasteiger charge is -2.03. The van der Waals surface area contributed by atoms with Gasteiger partial charge in [0.25, 0.3) is 0 Å². The molecule has 100 valence electrons. The first-order valence-corrected chi connectivity index (χ1v) is 8.78. The molecule has 2 atom stereocenters. The van der Waals surface area contributed by atoms with Crippen LogP contribution in [0.4, 0.5) is 0 Å². The molecular weight excluding hydrogens is 276 g/mol. The Bertz CT molecular complexity index is 501. The highest BCUT2D eigenvalue weighted by atomic mass is 32.2. The second kappa shape index (κ2) is 7.36. The lowest BCUT2D eigenvalue weighted by Crippen LogP contribution is -2.04. The molecular formula is C15H16O2S2. The lowest BCUT2D eigenvalue weighted by molar-refractivity contribution is 0.678. The van der Waals surface area contributed by atoms with Crippen LogP contribution in [0.5, 0.6) is 0 Å². The zero-order valence-corrected chi connectivity index (χ0v) is 12.2. The van der Waals surface area contributed by atoms with Crippen molar-refractivity contribution in [3.8, 4) is 0 Å². The predicted octanol–water partition coefficient (Wildman–Crippen LogP) is 2.99. The van der Waals surface area contributed by atoms with Gasteiger partial charge in [0.2, 0.25) is 0 Å². The van der Waals surface area contributed by atoms with Crippen LogP contribution in [0.3, 0.4) is 0 Å². The first-order valence-electron chi connectivity index (χ1n) is 6.14. The van der Waals surface area contributed by atoms with Crippen molar-refractivity contribution in [2.45, 2.75) is 16.2 Å². The Balaban J connectivity index is 1.81. The molecule has 19 heavy (non-hydrogen) atoms. The lowest BCUT2D eigenvalue weighted by atomic mass is 10.4. The summed E-state index contributed by atoms with van der Waals surface area (Å²) in [7, 11) is -1.98. The van der Waals surface area contributed by atoms with E-state index in [4.69, 9.17) is 0 Å². The van der Waals surface area contributed by atoms with Gasteiger partial charge >= 0.3 is 0 Å². The van der Waals surface area contributed by atoms with Gasteiger partial charge < -0.3 is 0 Å². The van der Waals surface area contributed by atoms with Gasteiger partial charge in [0.15, 0.2) is 0 Å². The second-order valence-corrected chi connectivity index (χ2v) is 7.22. The summed E-state index contributed by atoms with van der Waals surface area (Å²) in [6, 6.07) is 18.8. The standard InChI is InChI=1S/C15H16O2S2/c16-18(14-8-3-1-4-9-14)12-7-13-19(17)15-10-5-2-6-11-15/h1-6,8-11H,7,12-13H2/t18-,19-/m1/s1. The van der Waals surface area contributed by atoms with Gasteiger partial charge in [-0.1, -0.05) is 36.4 Å². The van der Waals surface area contributed by atoms with Crippen LogP contribution >= 0.6 is 0 Å². The van der Waals surface area contributed by atoms with Crippen molar-refractivity contribution in [3.63, 3.8) is 0 Å². The fourth-order valence-electron chi connectivity index (χ4n) is 1.70. The van der Waals surface area contributed by atoms with Crippen LogP contribution < -0.4 is 0 Å². The molecule has 2 rings (SSSR count). The SMILES string of the molecule is O=[S@](CCC[S@@](=O)c1ccccc1)c1ccccc1. The first kappa shape index (κ1) is 14.2. The van der Waals surface area contributed by atoms with Crippen LogP contribution in [0.2, 0.25) is 0 Å². The Morgan fingerprint density at radius 2 is 1.00 bits per heavy atom. The molecule has 0 aliphatic carbocycles. The molecule has 0 saturated carbocycles. The summed E-state index contributed by atoms with van der Waals surface area (Å²) < 4.78 is 23.9. The average Bonchev–Trinajstić information content (AvgIpc) is 2.49. The van der Waals surface area contributed by atoms with Gasteiger partial charge in [-0.25, -0.2) is 0 Å². The molecule has 2 aromatic carbocycles. The third kappa shape index (κ3) is 4.40. The van der Waals surface area contributed by atoms with Crippen molar-refractivity contribution >= 4 is 21.6 Å². The largest absolute Gasteiger partial charge is 0.254 e. The smallest absolute Gasteiger partial charge is 0.0529 e. The van der Waals surface area contributed by atoms with Gasteiger partial charge in [-0.05, 0) is 30.7 Å². The zero-order valence-electron chi connectivity index (χ0n) is 10.5. The number of benzene rings is 2. The molecule has 0 unspecified atom stereocenters. The average molecular weight is 292 g/mol. The van der Waals surface area contributed by atoms with E-state index >= 15 is 0 Å². The Morgan fingerprint density at radius 1 is 0.632 bits per heavy atom. The van der Waals surface area contributed by atoms with E-state index in [9.17, 15) is 8.42 Å². The summed E-state index contributed by atoms with van der Waals surface area (Å²) in [6.45, 7) is 0. The third-order valence-corrected chi connectivity index (χ3v) is 5.59. The van der Waals surface area contributed by atoms with Crippen molar-refractivity contribution in [2.24, 2.45) is 0 Å². The molecule has 2 nitrogen and oxygen atoms in total. The van der Waals surface area contributed by atoms with Crippen molar-refractivity contribution in [1.82, 2.24) is 0 Å². The van der Waals surface area contributed by atoms with E-state index in [0.717, 1.165) is 9.79 Å².